The van der Waals surface area contributed by atoms with E-state index in [0.717, 1.165) is 11.1 Å². The van der Waals surface area contributed by atoms with Crippen LogP contribution in [0.15, 0.2) is 35.4 Å². The van der Waals surface area contributed by atoms with E-state index in [9.17, 15) is 9.59 Å². The summed E-state index contributed by atoms with van der Waals surface area (Å²) in [6, 6.07) is 7.68. The van der Waals surface area contributed by atoms with Gasteiger partial charge >= 0.3 is 5.97 Å². The number of benzene rings is 1. The number of nitrogens with one attached hydrogen (secondary N) is 1. The highest BCUT2D eigenvalue weighted by Gasteiger charge is 2.15. The Bertz CT molecular complexity index is 515. The Morgan fingerprint density at radius 3 is 2.11 bits per heavy atom. The number of carbonyl (C=O) groups excluding carboxylic acids is 1. The van der Waals surface area contributed by atoms with Gasteiger partial charge in [-0.3, -0.25) is 4.79 Å². The van der Waals surface area contributed by atoms with Crippen LogP contribution in [-0.2, 0) is 9.59 Å². The molecule has 0 saturated carbocycles. The molecule has 0 aliphatic heterocycles. The summed E-state index contributed by atoms with van der Waals surface area (Å²) in [5.74, 6) is -1.43. The van der Waals surface area contributed by atoms with Crippen LogP contribution in [0.1, 0.15) is 37.9 Å². The van der Waals surface area contributed by atoms with Crippen LogP contribution in [0.25, 0.3) is 0 Å². The number of hydrogen-bond acceptors (Lipinski definition) is 2. The molecular weight excluding hydrogens is 242 g/mol. The van der Waals surface area contributed by atoms with Gasteiger partial charge in [-0.1, -0.05) is 29.8 Å². The third kappa shape index (κ3) is 3.95. The number of carboxylic acid groups (broad SMARTS) is 1. The van der Waals surface area contributed by atoms with Crippen molar-refractivity contribution in [1.82, 2.24) is 5.32 Å². The van der Waals surface area contributed by atoms with Gasteiger partial charge in [-0.25, -0.2) is 4.79 Å². The average Bonchev–Trinajstić information content (AvgIpc) is 2.37. The van der Waals surface area contributed by atoms with Gasteiger partial charge in [0.15, 0.2) is 0 Å². The van der Waals surface area contributed by atoms with Crippen molar-refractivity contribution in [3.05, 3.63) is 46.5 Å². The number of aryl methyl sites for hydroxylation is 1. The smallest absolute Gasteiger partial charge is 0.331 e. The van der Waals surface area contributed by atoms with Gasteiger partial charge in [0.1, 0.15) is 0 Å². The summed E-state index contributed by atoms with van der Waals surface area (Å²) in [6.07, 6.45) is 0. The molecule has 0 spiro atoms. The molecule has 0 aliphatic carbocycles. The molecule has 2 N–H and O–H groups in total. The maximum atomic E-state index is 11.9. The van der Waals surface area contributed by atoms with E-state index in [0.29, 0.717) is 0 Å². The number of amides is 1. The SMILES string of the molecule is CC(C(=O)O)=C(C)C(=O)NC(C)c1ccc(C)cc1. The maximum Gasteiger partial charge on any atom is 0.331 e. The lowest BCUT2D eigenvalue weighted by Gasteiger charge is -2.15. The Kier molecular flexibility index (Phi) is 4.87. The molecule has 4 nitrogen and oxygen atoms in total. The predicted octanol–water partition coefficient (Wildman–Crippen LogP) is 2.59. The Morgan fingerprint density at radius 2 is 1.63 bits per heavy atom. The van der Waals surface area contributed by atoms with Crippen molar-refractivity contribution in [3.63, 3.8) is 0 Å². The molecule has 1 amide bonds. The number of rotatable bonds is 4. The molecule has 102 valence electrons. The van der Waals surface area contributed by atoms with E-state index in [1.807, 2.05) is 38.1 Å². The van der Waals surface area contributed by atoms with Gasteiger partial charge in [-0.2, -0.15) is 0 Å². The number of carbonyl (C=O) groups is 2. The average molecular weight is 261 g/mol. The third-order valence-electron chi connectivity index (χ3n) is 3.15. The largest absolute Gasteiger partial charge is 0.478 e. The molecule has 1 aromatic rings. The van der Waals surface area contributed by atoms with E-state index in [2.05, 4.69) is 5.32 Å². The number of carboxylic acids is 1. The molecule has 1 aromatic carbocycles. The highest BCUT2D eigenvalue weighted by atomic mass is 16.4. The first-order valence-corrected chi connectivity index (χ1v) is 6.11. The zero-order chi connectivity index (χ0) is 14.6. The highest BCUT2D eigenvalue weighted by molar-refractivity contribution is 6.01. The fraction of sp³-hybridized carbons (Fsp3) is 0.333. The van der Waals surface area contributed by atoms with Gasteiger partial charge in [0.05, 0.1) is 6.04 Å². The van der Waals surface area contributed by atoms with Gasteiger partial charge in [-0.05, 0) is 33.3 Å². The molecule has 0 bridgehead atoms. The molecule has 0 fully saturated rings. The summed E-state index contributed by atoms with van der Waals surface area (Å²) in [6.45, 7) is 6.80. The molecule has 4 heteroatoms. The normalized spacial score (nSPS) is 13.5. The second-order valence-electron chi connectivity index (χ2n) is 4.66. The first-order valence-electron chi connectivity index (χ1n) is 6.11. The summed E-state index contributed by atoms with van der Waals surface area (Å²) in [4.78, 5) is 22.7. The third-order valence-corrected chi connectivity index (χ3v) is 3.15. The Labute approximate surface area is 113 Å². The summed E-state index contributed by atoms with van der Waals surface area (Å²) in [5.41, 5.74) is 2.43. The minimum Gasteiger partial charge on any atom is -0.478 e. The second-order valence-corrected chi connectivity index (χ2v) is 4.66. The molecular formula is C15H19NO3. The van der Waals surface area contributed by atoms with Crippen LogP contribution >= 0.6 is 0 Å². The molecule has 0 heterocycles. The van der Waals surface area contributed by atoms with Gasteiger partial charge < -0.3 is 10.4 Å². The standard InChI is InChI=1S/C15H19NO3/c1-9-5-7-13(8-6-9)12(4)16-14(17)10(2)11(3)15(18)19/h5-8,12H,1-4H3,(H,16,17)(H,18,19). The fourth-order valence-corrected chi connectivity index (χ4v) is 1.57. The van der Waals surface area contributed by atoms with E-state index in [4.69, 9.17) is 5.11 Å². The lowest BCUT2D eigenvalue weighted by Crippen LogP contribution is -2.28. The van der Waals surface area contributed by atoms with E-state index < -0.39 is 5.97 Å². The van der Waals surface area contributed by atoms with Crippen molar-refractivity contribution in [2.75, 3.05) is 0 Å². The summed E-state index contributed by atoms with van der Waals surface area (Å²) < 4.78 is 0. The molecule has 0 radical (unpaired) electrons. The second kappa shape index (κ2) is 6.18. The molecule has 1 rings (SSSR count). The fourth-order valence-electron chi connectivity index (χ4n) is 1.57. The van der Waals surface area contributed by atoms with Crippen LogP contribution in [0.3, 0.4) is 0 Å². The van der Waals surface area contributed by atoms with Gasteiger partial charge in [0.25, 0.3) is 0 Å². The van der Waals surface area contributed by atoms with Crippen LogP contribution in [0, 0.1) is 6.92 Å². The molecule has 0 saturated heterocycles. The van der Waals surface area contributed by atoms with Crippen molar-refractivity contribution in [2.24, 2.45) is 0 Å². The van der Waals surface area contributed by atoms with Crippen molar-refractivity contribution in [1.29, 1.82) is 0 Å². The van der Waals surface area contributed by atoms with E-state index in [-0.39, 0.29) is 23.1 Å². The molecule has 0 aromatic heterocycles. The van der Waals surface area contributed by atoms with Gasteiger partial charge in [0.2, 0.25) is 5.91 Å². The summed E-state index contributed by atoms with van der Waals surface area (Å²) in [5, 5.41) is 11.6. The van der Waals surface area contributed by atoms with E-state index in [1.54, 1.807) is 0 Å². The zero-order valence-corrected chi connectivity index (χ0v) is 11.7. The van der Waals surface area contributed by atoms with Crippen molar-refractivity contribution >= 4 is 11.9 Å². The van der Waals surface area contributed by atoms with Crippen molar-refractivity contribution in [2.45, 2.75) is 33.7 Å². The van der Waals surface area contributed by atoms with E-state index >= 15 is 0 Å². The monoisotopic (exact) mass is 261 g/mol. The lowest BCUT2D eigenvalue weighted by atomic mass is 10.1. The zero-order valence-electron chi connectivity index (χ0n) is 11.7. The van der Waals surface area contributed by atoms with Crippen LogP contribution in [-0.4, -0.2) is 17.0 Å². The Morgan fingerprint density at radius 1 is 1.11 bits per heavy atom. The minimum atomic E-state index is -1.07. The first kappa shape index (κ1) is 15.0. The lowest BCUT2D eigenvalue weighted by molar-refractivity contribution is -0.133. The highest BCUT2D eigenvalue weighted by Crippen LogP contribution is 2.14. The number of aliphatic carboxylic acids is 1. The molecule has 0 aliphatic rings. The predicted molar refractivity (Wildman–Crippen MR) is 73.7 cm³/mol. The summed E-state index contributed by atoms with van der Waals surface area (Å²) in [7, 11) is 0. The van der Waals surface area contributed by atoms with Crippen LogP contribution in [0.2, 0.25) is 0 Å². The number of hydrogen-bond donors (Lipinski definition) is 2. The van der Waals surface area contributed by atoms with E-state index in [1.165, 1.54) is 13.8 Å². The van der Waals surface area contributed by atoms with Crippen LogP contribution < -0.4 is 5.32 Å². The first-order chi connectivity index (χ1) is 8.82. The molecule has 19 heavy (non-hydrogen) atoms. The Hall–Kier alpha value is -2.10. The summed E-state index contributed by atoms with van der Waals surface area (Å²) >= 11 is 0. The minimum absolute atomic E-state index is 0.0635. The van der Waals surface area contributed by atoms with Crippen LogP contribution in [0.5, 0.6) is 0 Å². The van der Waals surface area contributed by atoms with Gasteiger partial charge in [-0.15, -0.1) is 0 Å². The quantitative estimate of drug-likeness (QED) is 0.819. The molecule has 1 unspecified atom stereocenters. The van der Waals surface area contributed by atoms with Crippen molar-refractivity contribution in [3.8, 4) is 0 Å². The molecule has 1 atom stereocenters. The topological polar surface area (TPSA) is 66.4 Å². The van der Waals surface area contributed by atoms with Gasteiger partial charge in [0, 0.05) is 11.1 Å². The van der Waals surface area contributed by atoms with Crippen molar-refractivity contribution < 1.29 is 14.7 Å². The maximum absolute atomic E-state index is 11.9. The Balaban J connectivity index is 2.80. The van der Waals surface area contributed by atoms with Crippen LogP contribution in [0.4, 0.5) is 0 Å².